The first-order valence-electron chi connectivity index (χ1n) is 5.90. The molecule has 0 saturated carbocycles. The minimum Gasteiger partial charge on any atom is -0.378 e. The number of thiophene rings is 1. The van der Waals surface area contributed by atoms with Crippen LogP contribution in [0.3, 0.4) is 0 Å². The van der Waals surface area contributed by atoms with Crippen molar-refractivity contribution < 1.29 is 4.74 Å². The Labute approximate surface area is 119 Å². The standard InChI is InChI=1S/C12H14N2OS3/c1-7-8(2)17-10-9(7)11(16)18-12(13-10)14-3-5-15-6-4-14/h3-6H2,1-2H3. The molecule has 18 heavy (non-hydrogen) atoms. The molecule has 3 rings (SSSR count). The van der Waals surface area contributed by atoms with Crippen molar-refractivity contribution in [2.45, 2.75) is 13.8 Å². The first-order chi connectivity index (χ1) is 8.66. The van der Waals surface area contributed by atoms with Gasteiger partial charge in [0.2, 0.25) is 0 Å². The van der Waals surface area contributed by atoms with Crippen LogP contribution in [0.5, 0.6) is 0 Å². The van der Waals surface area contributed by atoms with Crippen LogP contribution in [0.25, 0.3) is 10.2 Å². The smallest absolute Gasteiger partial charge is 0.188 e. The molecule has 2 aromatic heterocycles. The van der Waals surface area contributed by atoms with Gasteiger partial charge >= 0.3 is 0 Å². The van der Waals surface area contributed by atoms with Crippen LogP contribution in [0, 0.1) is 17.7 Å². The lowest BCUT2D eigenvalue weighted by atomic mass is 10.2. The van der Waals surface area contributed by atoms with Crippen LogP contribution in [0.4, 0.5) is 5.13 Å². The number of morpholine rings is 1. The fourth-order valence-electron chi connectivity index (χ4n) is 2.06. The van der Waals surface area contributed by atoms with Gasteiger partial charge in [0.25, 0.3) is 0 Å². The zero-order chi connectivity index (χ0) is 12.7. The number of anilines is 1. The molecule has 96 valence electrons. The Hall–Kier alpha value is -0.560. The van der Waals surface area contributed by atoms with E-state index in [0.29, 0.717) is 0 Å². The van der Waals surface area contributed by atoms with Crippen LogP contribution in [0.15, 0.2) is 0 Å². The quantitative estimate of drug-likeness (QED) is 0.752. The third-order valence-electron chi connectivity index (χ3n) is 3.23. The Kier molecular flexibility index (Phi) is 3.36. The van der Waals surface area contributed by atoms with Crippen molar-refractivity contribution in [2.24, 2.45) is 0 Å². The molecule has 0 amide bonds. The maximum absolute atomic E-state index is 5.54. The molecule has 3 heterocycles. The van der Waals surface area contributed by atoms with Gasteiger partial charge in [-0.05, 0) is 19.4 Å². The van der Waals surface area contributed by atoms with Crippen molar-refractivity contribution in [1.29, 1.82) is 0 Å². The first kappa shape index (κ1) is 12.5. The van der Waals surface area contributed by atoms with Crippen LogP contribution in [0.2, 0.25) is 0 Å². The molecule has 1 saturated heterocycles. The highest BCUT2D eigenvalue weighted by Gasteiger charge is 2.16. The van der Waals surface area contributed by atoms with E-state index in [2.05, 4.69) is 18.7 Å². The summed E-state index contributed by atoms with van der Waals surface area (Å²) in [6.45, 7) is 7.64. The topological polar surface area (TPSA) is 25.4 Å². The summed E-state index contributed by atoms with van der Waals surface area (Å²) in [5.74, 6) is 0. The Morgan fingerprint density at radius 3 is 2.67 bits per heavy atom. The zero-order valence-electron chi connectivity index (χ0n) is 10.4. The fourth-order valence-corrected chi connectivity index (χ4v) is 4.72. The van der Waals surface area contributed by atoms with Crippen molar-refractivity contribution in [2.75, 3.05) is 31.2 Å². The molecule has 2 aromatic rings. The second-order valence-corrected chi connectivity index (χ2v) is 7.19. The second-order valence-electron chi connectivity index (χ2n) is 4.35. The Morgan fingerprint density at radius 1 is 1.22 bits per heavy atom. The predicted octanol–water partition coefficient (Wildman–Crippen LogP) is 3.54. The molecule has 1 aliphatic rings. The Morgan fingerprint density at radius 2 is 1.94 bits per heavy atom. The fraction of sp³-hybridized carbons (Fsp3) is 0.500. The highest BCUT2D eigenvalue weighted by Crippen LogP contribution is 2.34. The highest BCUT2D eigenvalue weighted by molar-refractivity contribution is 7.74. The Balaban J connectivity index is 2.12. The van der Waals surface area contributed by atoms with Crippen LogP contribution >= 0.6 is 34.9 Å². The monoisotopic (exact) mass is 298 g/mol. The molecule has 3 nitrogen and oxygen atoms in total. The van der Waals surface area contributed by atoms with Crippen molar-refractivity contribution >= 4 is 50.2 Å². The zero-order valence-corrected chi connectivity index (χ0v) is 12.8. The maximum atomic E-state index is 5.54. The summed E-state index contributed by atoms with van der Waals surface area (Å²) in [4.78, 5) is 9.45. The van der Waals surface area contributed by atoms with E-state index in [4.69, 9.17) is 21.9 Å². The van der Waals surface area contributed by atoms with E-state index in [-0.39, 0.29) is 0 Å². The average Bonchev–Trinajstić information content (AvgIpc) is 2.66. The lowest BCUT2D eigenvalue weighted by molar-refractivity contribution is 0.122. The van der Waals surface area contributed by atoms with Gasteiger partial charge in [-0.1, -0.05) is 23.6 Å². The minimum atomic E-state index is 0.779. The molecular formula is C12H14N2OS3. The van der Waals surface area contributed by atoms with Gasteiger partial charge in [-0.25, -0.2) is 4.98 Å². The molecule has 0 atom stereocenters. The predicted molar refractivity (Wildman–Crippen MR) is 80.8 cm³/mol. The van der Waals surface area contributed by atoms with E-state index in [1.54, 1.807) is 22.7 Å². The summed E-state index contributed by atoms with van der Waals surface area (Å²) in [5, 5.41) is 2.21. The highest BCUT2D eigenvalue weighted by atomic mass is 32.1. The van der Waals surface area contributed by atoms with E-state index in [9.17, 15) is 0 Å². The van der Waals surface area contributed by atoms with Crippen molar-refractivity contribution in [3.8, 4) is 0 Å². The first-order valence-corrected chi connectivity index (χ1v) is 7.94. The molecule has 0 aromatic carbocycles. The van der Waals surface area contributed by atoms with Gasteiger partial charge in [0, 0.05) is 23.4 Å². The summed E-state index contributed by atoms with van der Waals surface area (Å²) >= 11 is 8.90. The third-order valence-corrected chi connectivity index (χ3v) is 5.71. The van der Waals surface area contributed by atoms with E-state index >= 15 is 0 Å². The molecule has 0 N–H and O–H groups in total. The molecule has 1 fully saturated rings. The molecule has 0 bridgehead atoms. The van der Waals surface area contributed by atoms with Crippen molar-refractivity contribution in [3.63, 3.8) is 0 Å². The molecular weight excluding hydrogens is 284 g/mol. The van der Waals surface area contributed by atoms with Gasteiger partial charge in [0.15, 0.2) is 5.13 Å². The molecule has 1 aliphatic heterocycles. The summed E-state index contributed by atoms with van der Waals surface area (Å²) < 4.78 is 6.34. The number of hydrogen-bond donors (Lipinski definition) is 0. The van der Waals surface area contributed by atoms with Crippen LogP contribution < -0.4 is 4.90 Å². The average molecular weight is 298 g/mol. The maximum Gasteiger partial charge on any atom is 0.188 e. The number of ether oxygens (including phenoxy) is 1. The number of hydrogen-bond acceptors (Lipinski definition) is 6. The Bertz CT molecular complexity index is 641. The van der Waals surface area contributed by atoms with Crippen LogP contribution in [0.1, 0.15) is 10.4 Å². The number of aryl methyl sites for hydroxylation is 2. The van der Waals surface area contributed by atoms with Gasteiger partial charge in [-0.15, -0.1) is 11.3 Å². The van der Waals surface area contributed by atoms with Gasteiger partial charge in [0.05, 0.1) is 13.2 Å². The summed E-state index contributed by atoms with van der Waals surface area (Å²) in [5.41, 5.74) is 1.29. The lowest BCUT2D eigenvalue weighted by Gasteiger charge is -2.26. The number of nitrogens with zero attached hydrogens (tertiary/aromatic N) is 2. The summed E-state index contributed by atoms with van der Waals surface area (Å²) in [7, 11) is 0. The van der Waals surface area contributed by atoms with E-state index in [0.717, 1.165) is 40.1 Å². The molecule has 0 aliphatic carbocycles. The van der Waals surface area contributed by atoms with E-state index in [1.165, 1.54) is 15.8 Å². The van der Waals surface area contributed by atoms with E-state index < -0.39 is 0 Å². The minimum absolute atomic E-state index is 0.779. The summed E-state index contributed by atoms with van der Waals surface area (Å²) in [6, 6.07) is 0. The largest absolute Gasteiger partial charge is 0.378 e. The van der Waals surface area contributed by atoms with Gasteiger partial charge in [0.1, 0.15) is 8.65 Å². The van der Waals surface area contributed by atoms with Crippen LogP contribution in [-0.2, 0) is 4.74 Å². The second kappa shape index (κ2) is 4.85. The molecule has 0 unspecified atom stereocenters. The number of rotatable bonds is 1. The van der Waals surface area contributed by atoms with Gasteiger partial charge in [-0.3, -0.25) is 0 Å². The van der Waals surface area contributed by atoms with Crippen molar-refractivity contribution in [1.82, 2.24) is 4.98 Å². The molecule has 6 heteroatoms. The van der Waals surface area contributed by atoms with Gasteiger partial charge in [-0.2, -0.15) is 0 Å². The summed E-state index contributed by atoms with van der Waals surface area (Å²) in [6.07, 6.45) is 0. The molecule has 0 radical (unpaired) electrons. The number of fused-ring (bicyclic) bond motifs is 1. The van der Waals surface area contributed by atoms with Crippen molar-refractivity contribution in [3.05, 3.63) is 14.3 Å². The van der Waals surface area contributed by atoms with E-state index in [1.807, 2.05) is 0 Å². The third kappa shape index (κ3) is 2.07. The normalized spacial score (nSPS) is 16.4. The van der Waals surface area contributed by atoms with Gasteiger partial charge < -0.3 is 9.64 Å². The number of aromatic nitrogens is 1. The van der Waals surface area contributed by atoms with Crippen LogP contribution in [-0.4, -0.2) is 31.3 Å². The molecule has 0 spiro atoms. The SMILES string of the molecule is Cc1sc2nc(N3CCOCC3)sc(=S)c2c1C. The lowest BCUT2D eigenvalue weighted by Crippen LogP contribution is -2.36.